The van der Waals surface area contributed by atoms with Crippen molar-refractivity contribution in [1.29, 1.82) is 0 Å². The Balaban J connectivity index is 1.60. The number of nitrogens with zero attached hydrogens (tertiary/aromatic N) is 1. The van der Waals surface area contributed by atoms with Crippen LogP contribution in [0.25, 0.3) is 0 Å². The summed E-state index contributed by atoms with van der Waals surface area (Å²) < 4.78 is 13.4. The molecule has 0 saturated heterocycles. The summed E-state index contributed by atoms with van der Waals surface area (Å²) in [6.07, 6.45) is 1.22. The van der Waals surface area contributed by atoms with Gasteiger partial charge in [0.2, 0.25) is 0 Å². The van der Waals surface area contributed by atoms with Gasteiger partial charge in [0.05, 0.1) is 0 Å². The highest BCUT2D eigenvalue weighted by Gasteiger charge is 2.33. The van der Waals surface area contributed by atoms with Gasteiger partial charge in [0.15, 0.2) is 5.96 Å². The number of aliphatic imine (C=N–C) groups is 1. The molecule has 5 heteroatoms. The first-order chi connectivity index (χ1) is 9.70. The lowest BCUT2D eigenvalue weighted by Gasteiger charge is -2.11. The van der Waals surface area contributed by atoms with E-state index in [2.05, 4.69) is 22.5 Å². The van der Waals surface area contributed by atoms with Gasteiger partial charge in [-0.2, -0.15) is 11.8 Å². The molecule has 0 spiro atoms. The van der Waals surface area contributed by atoms with E-state index in [1.54, 1.807) is 24.9 Å². The zero-order valence-corrected chi connectivity index (χ0v) is 12.8. The van der Waals surface area contributed by atoms with Crippen molar-refractivity contribution in [2.75, 3.05) is 19.3 Å². The molecule has 0 aliphatic heterocycles. The monoisotopic (exact) mass is 295 g/mol. The molecule has 0 bridgehead atoms. The molecule has 0 heterocycles. The maximum atomic E-state index is 13.4. The number of hydrogen-bond donors (Lipinski definition) is 2. The molecule has 3 nitrogen and oxygen atoms in total. The Bertz CT molecular complexity index is 464. The smallest absolute Gasteiger partial charge is 0.191 e. The summed E-state index contributed by atoms with van der Waals surface area (Å²) in [5, 5.41) is 6.66. The molecule has 1 aromatic carbocycles. The summed E-state index contributed by atoms with van der Waals surface area (Å²) in [6.45, 7) is 3.06. The Hall–Kier alpha value is -1.23. The lowest BCUT2D eigenvalue weighted by Crippen LogP contribution is -2.40. The van der Waals surface area contributed by atoms with Crippen LogP contribution < -0.4 is 10.6 Å². The van der Waals surface area contributed by atoms with Gasteiger partial charge in [-0.25, -0.2) is 4.39 Å². The van der Waals surface area contributed by atoms with E-state index in [-0.39, 0.29) is 5.82 Å². The van der Waals surface area contributed by atoms with E-state index in [1.165, 1.54) is 12.5 Å². The number of nitrogens with one attached hydrogen (secondary N) is 2. The van der Waals surface area contributed by atoms with Crippen LogP contribution in [0, 0.1) is 11.7 Å². The highest BCUT2D eigenvalue weighted by Crippen LogP contribution is 2.28. The number of guanidine groups is 1. The van der Waals surface area contributed by atoms with Crippen LogP contribution in [0.5, 0.6) is 0 Å². The maximum absolute atomic E-state index is 13.4. The minimum absolute atomic E-state index is 0.117. The number of hydrogen-bond acceptors (Lipinski definition) is 2. The Morgan fingerprint density at radius 3 is 2.85 bits per heavy atom. The predicted molar refractivity (Wildman–Crippen MR) is 84.6 cm³/mol. The fourth-order valence-electron chi connectivity index (χ4n) is 1.93. The van der Waals surface area contributed by atoms with Crippen molar-refractivity contribution < 1.29 is 4.39 Å². The largest absolute Gasteiger partial charge is 0.356 e. The minimum atomic E-state index is -0.117. The van der Waals surface area contributed by atoms with Crippen molar-refractivity contribution in [2.24, 2.45) is 10.9 Å². The van der Waals surface area contributed by atoms with Crippen LogP contribution in [0.3, 0.4) is 0 Å². The third-order valence-electron chi connectivity index (χ3n) is 3.41. The average Bonchev–Trinajstić information content (AvgIpc) is 3.14. The zero-order chi connectivity index (χ0) is 14.4. The molecule has 20 heavy (non-hydrogen) atoms. The van der Waals surface area contributed by atoms with E-state index in [0.29, 0.717) is 11.8 Å². The van der Waals surface area contributed by atoms with Crippen molar-refractivity contribution in [3.8, 4) is 0 Å². The van der Waals surface area contributed by atoms with E-state index in [0.717, 1.165) is 29.7 Å². The second-order valence-electron chi connectivity index (χ2n) is 5.11. The number of halogens is 1. The topological polar surface area (TPSA) is 36.4 Å². The predicted octanol–water partition coefficient (Wildman–Crippen LogP) is 2.63. The third kappa shape index (κ3) is 4.71. The molecule has 110 valence electrons. The van der Waals surface area contributed by atoms with E-state index >= 15 is 0 Å². The van der Waals surface area contributed by atoms with Gasteiger partial charge in [0, 0.05) is 31.1 Å². The first kappa shape index (κ1) is 15.2. The molecule has 2 unspecified atom stereocenters. The zero-order valence-electron chi connectivity index (χ0n) is 12.0. The van der Waals surface area contributed by atoms with E-state index in [1.807, 2.05) is 12.1 Å². The maximum Gasteiger partial charge on any atom is 0.191 e. The molecule has 1 fully saturated rings. The summed E-state index contributed by atoms with van der Waals surface area (Å²) in [4.78, 5) is 4.20. The molecule has 1 aliphatic rings. The van der Waals surface area contributed by atoms with Gasteiger partial charge in [-0.1, -0.05) is 25.1 Å². The molecular weight excluding hydrogens is 273 g/mol. The van der Waals surface area contributed by atoms with Crippen LogP contribution in [-0.2, 0) is 5.75 Å². The summed E-state index contributed by atoms with van der Waals surface area (Å²) in [5.74, 6) is 3.14. The molecule has 0 radical (unpaired) electrons. The number of thioether (sulfide) groups is 1. The summed E-state index contributed by atoms with van der Waals surface area (Å²) >= 11 is 1.72. The molecule has 2 rings (SSSR count). The molecule has 0 amide bonds. The Labute approximate surface area is 124 Å². The van der Waals surface area contributed by atoms with E-state index < -0.39 is 0 Å². The molecule has 2 atom stereocenters. The number of benzene rings is 1. The average molecular weight is 295 g/mol. The highest BCUT2D eigenvalue weighted by atomic mass is 32.2. The fraction of sp³-hybridized carbons (Fsp3) is 0.533. The lowest BCUT2D eigenvalue weighted by molar-refractivity contribution is 0.617. The third-order valence-corrected chi connectivity index (χ3v) is 4.42. The first-order valence-corrected chi connectivity index (χ1v) is 8.14. The van der Waals surface area contributed by atoms with Crippen molar-refractivity contribution in [3.63, 3.8) is 0 Å². The second-order valence-corrected chi connectivity index (χ2v) is 6.21. The molecule has 1 aromatic rings. The van der Waals surface area contributed by atoms with Gasteiger partial charge in [-0.3, -0.25) is 4.99 Å². The molecule has 1 aliphatic carbocycles. The Morgan fingerprint density at radius 1 is 1.45 bits per heavy atom. The van der Waals surface area contributed by atoms with E-state index in [9.17, 15) is 4.39 Å². The van der Waals surface area contributed by atoms with Crippen LogP contribution in [-0.4, -0.2) is 31.3 Å². The Morgan fingerprint density at radius 2 is 2.20 bits per heavy atom. The van der Waals surface area contributed by atoms with Gasteiger partial charge in [-0.15, -0.1) is 0 Å². The van der Waals surface area contributed by atoms with Crippen molar-refractivity contribution in [3.05, 3.63) is 35.6 Å². The van der Waals surface area contributed by atoms with Crippen LogP contribution in [0.15, 0.2) is 29.3 Å². The highest BCUT2D eigenvalue weighted by molar-refractivity contribution is 7.98. The van der Waals surface area contributed by atoms with Crippen LogP contribution in [0.2, 0.25) is 0 Å². The van der Waals surface area contributed by atoms with Crippen molar-refractivity contribution in [1.82, 2.24) is 10.6 Å². The summed E-state index contributed by atoms with van der Waals surface area (Å²) in [7, 11) is 1.79. The van der Waals surface area contributed by atoms with Gasteiger partial charge in [-0.05, 0) is 24.0 Å². The number of rotatable bonds is 6. The summed E-state index contributed by atoms with van der Waals surface area (Å²) in [6, 6.07) is 7.52. The molecule has 0 aromatic heterocycles. The standard InChI is InChI=1S/C15H22FN3S/c1-11-9-14(11)19-15(17-2)18-7-8-20-10-12-5-3-4-6-13(12)16/h3-6,11,14H,7-10H2,1-2H3,(H2,17,18,19). The molecule has 1 saturated carbocycles. The fourth-order valence-corrected chi connectivity index (χ4v) is 2.78. The van der Waals surface area contributed by atoms with Crippen molar-refractivity contribution in [2.45, 2.75) is 25.1 Å². The van der Waals surface area contributed by atoms with Crippen LogP contribution in [0.4, 0.5) is 4.39 Å². The van der Waals surface area contributed by atoms with Gasteiger partial charge in [0.1, 0.15) is 5.82 Å². The molecule has 2 N–H and O–H groups in total. The van der Waals surface area contributed by atoms with Crippen LogP contribution >= 0.6 is 11.8 Å². The van der Waals surface area contributed by atoms with E-state index in [4.69, 9.17) is 0 Å². The quantitative estimate of drug-likeness (QED) is 0.481. The second kappa shape index (κ2) is 7.53. The molecular formula is C15H22FN3S. The first-order valence-electron chi connectivity index (χ1n) is 6.99. The normalized spacial score (nSPS) is 21.6. The van der Waals surface area contributed by atoms with Gasteiger partial charge in [0.25, 0.3) is 0 Å². The van der Waals surface area contributed by atoms with Crippen molar-refractivity contribution >= 4 is 17.7 Å². The minimum Gasteiger partial charge on any atom is -0.356 e. The Kier molecular flexibility index (Phi) is 5.71. The summed E-state index contributed by atoms with van der Waals surface area (Å²) in [5.41, 5.74) is 0.770. The lowest BCUT2D eigenvalue weighted by atomic mass is 10.2. The van der Waals surface area contributed by atoms with Gasteiger partial charge < -0.3 is 10.6 Å². The van der Waals surface area contributed by atoms with Crippen LogP contribution in [0.1, 0.15) is 18.9 Å². The SMILES string of the molecule is CN=C(NCCSCc1ccccc1F)NC1CC1C. The van der Waals surface area contributed by atoms with Gasteiger partial charge >= 0.3 is 0 Å².